The summed E-state index contributed by atoms with van der Waals surface area (Å²) >= 11 is 3.49. The number of carbonyl (C=O) groups excluding carboxylic acids is 1. The molecule has 1 saturated heterocycles. The van der Waals surface area contributed by atoms with Gasteiger partial charge < -0.3 is 10.2 Å². The minimum Gasteiger partial charge on any atom is -0.371 e. The Morgan fingerprint density at radius 2 is 1.92 bits per heavy atom. The monoisotopic (exact) mass is 417 g/mol. The van der Waals surface area contributed by atoms with Crippen LogP contribution in [0.2, 0.25) is 0 Å². The molecule has 1 aliphatic heterocycles. The van der Waals surface area contributed by atoms with Crippen molar-refractivity contribution < 1.29 is 9.72 Å². The number of nitrogens with one attached hydrogen (secondary N) is 1. The van der Waals surface area contributed by atoms with Crippen LogP contribution in [-0.2, 0) is 0 Å². The van der Waals surface area contributed by atoms with Gasteiger partial charge in [-0.2, -0.15) is 0 Å². The molecule has 2 aromatic carbocycles. The van der Waals surface area contributed by atoms with Crippen molar-refractivity contribution in [2.45, 2.75) is 25.8 Å². The maximum Gasteiger partial charge on any atom is 0.270 e. The van der Waals surface area contributed by atoms with E-state index in [0.29, 0.717) is 5.56 Å². The zero-order valence-electron chi connectivity index (χ0n) is 14.4. The molecule has 0 aromatic heterocycles. The lowest BCUT2D eigenvalue weighted by Gasteiger charge is -2.22. The third-order valence-electron chi connectivity index (χ3n) is 4.60. The van der Waals surface area contributed by atoms with Crippen LogP contribution >= 0.6 is 15.9 Å². The first-order valence-electron chi connectivity index (χ1n) is 8.56. The summed E-state index contributed by atoms with van der Waals surface area (Å²) in [6.45, 7) is 3.61. The first-order chi connectivity index (χ1) is 12.5. The van der Waals surface area contributed by atoms with E-state index in [4.69, 9.17) is 0 Å². The van der Waals surface area contributed by atoms with Gasteiger partial charge in [0.05, 0.1) is 22.2 Å². The minimum absolute atomic E-state index is 0.0772. The largest absolute Gasteiger partial charge is 0.371 e. The van der Waals surface area contributed by atoms with E-state index in [0.717, 1.165) is 41.7 Å². The number of nitrogens with zero attached hydrogens (tertiary/aromatic N) is 2. The first kappa shape index (κ1) is 18.4. The third kappa shape index (κ3) is 3.88. The molecule has 0 radical (unpaired) electrons. The number of nitro benzene ring substituents is 1. The smallest absolute Gasteiger partial charge is 0.270 e. The summed E-state index contributed by atoms with van der Waals surface area (Å²) in [7, 11) is 0. The molecule has 1 heterocycles. The molecule has 6 nitrogen and oxygen atoms in total. The molecular formula is C19H20BrN3O3. The van der Waals surface area contributed by atoms with E-state index < -0.39 is 4.92 Å². The summed E-state index contributed by atoms with van der Waals surface area (Å²) in [5.41, 5.74) is 1.98. The number of hydrogen-bond acceptors (Lipinski definition) is 4. The molecule has 1 N–H and O–H groups in total. The second-order valence-electron chi connectivity index (χ2n) is 6.37. The highest BCUT2D eigenvalue weighted by Gasteiger charge is 2.23. The van der Waals surface area contributed by atoms with Gasteiger partial charge in [-0.05, 0) is 37.5 Å². The number of anilines is 1. The highest BCUT2D eigenvalue weighted by atomic mass is 79.9. The van der Waals surface area contributed by atoms with Gasteiger partial charge in [0, 0.05) is 29.7 Å². The SMILES string of the molecule is CC(NC(=O)c1cc([N+](=O)[O-])ccc1N1CCCC1)c1ccccc1Br. The number of halogens is 1. The van der Waals surface area contributed by atoms with Crippen molar-refractivity contribution in [3.63, 3.8) is 0 Å². The molecule has 1 unspecified atom stereocenters. The van der Waals surface area contributed by atoms with Gasteiger partial charge in [-0.15, -0.1) is 0 Å². The molecule has 0 saturated carbocycles. The van der Waals surface area contributed by atoms with E-state index in [9.17, 15) is 14.9 Å². The number of non-ortho nitro benzene ring substituents is 1. The average Bonchev–Trinajstić information content (AvgIpc) is 3.15. The molecule has 1 atom stereocenters. The van der Waals surface area contributed by atoms with Crippen LogP contribution in [0.3, 0.4) is 0 Å². The molecule has 1 aliphatic rings. The van der Waals surface area contributed by atoms with Crippen molar-refractivity contribution in [2.24, 2.45) is 0 Å². The number of hydrogen-bond donors (Lipinski definition) is 1. The van der Waals surface area contributed by atoms with Gasteiger partial charge in [-0.3, -0.25) is 14.9 Å². The number of rotatable bonds is 5. The van der Waals surface area contributed by atoms with E-state index in [1.165, 1.54) is 12.1 Å². The first-order valence-corrected chi connectivity index (χ1v) is 9.35. The molecule has 3 rings (SSSR count). The van der Waals surface area contributed by atoms with Gasteiger partial charge >= 0.3 is 0 Å². The standard InChI is InChI=1S/C19H20BrN3O3/c1-13(15-6-2-3-7-17(15)20)21-19(24)16-12-14(23(25)26)8-9-18(16)22-10-4-5-11-22/h2-3,6-9,12-13H,4-5,10-11H2,1H3,(H,21,24). The Morgan fingerprint density at radius 1 is 1.23 bits per heavy atom. The summed E-state index contributed by atoms with van der Waals surface area (Å²) in [4.78, 5) is 25.7. The van der Waals surface area contributed by atoms with Gasteiger partial charge in [0.1, 0.15) is 0 Å². The van der Waals surface area contributed by atoms with Gasteiger partial charge in [-0.25, -0.2) is 0 Å². The summed E-state index contributed by atoms with van der Waals surface area (Å²) in [5.74, 6) is -0.307. The van der Waals surface area contributed by atoms with E-state index in [-0.39, 0.29) is 17.6 Å². The molecule has 0 bridgehead atoms. The summed E-state index contributed by atoms with van der Waals surface area (Å²) < 4.78 is 0.909. The molecule has 0 spiro atoms. The van der Waals surface area contributed by atoms with E-state index in [1.54, 1.807) is 6.07 Å². The quantitative estimate of drug-likeness (QED) is 0.575. The minimum atomic E-state index is -0.470. The Kier molecular flexibility index (Phi) is 5.56. The van der Waals surface area contributed by atoms with Gasteiger partial charge in [0.2, 0.25) is 0 Å². The molecule has 26 heavy (non-hydrogen) atoms. The van der Waals surface area contributed by atoms with Crippen molar-refractivity contribution in [1.82, 2.24) is 5.32 Å². The Morgan fingerprint density at radius 3 is 2.58 bits per heavy atom. The second-order valence-corrected chi connectivity index (χ2v) is 7.22. The van der Waals surface area contributed by atoms with Crippen LogP contribution in [0.15, 0.2) is 46.9 Å². The Labute approximate surface area is 160 Å². The predicted octanol–water partition coefficient (Wildman–Crippen LogP) is 4.45. The Hall–Kier alpha value is -2.41. The zero-order valence-corrected chi connectivity index (χ0v) is 16.0. The van der Waals surface area contributed by atoms with Crippen LogP contribution in [0, 0.1) is 10.1 Å². The Bertz CT molecular complexity index is 835. The van der Waals surface area contributed by atoms with Gasteiger partial charge in [-0.1, -0.05) is 34.1 Å². The van der Waals surface area contributed by atoms with Crippen molar-refractivity contribution in [2.75, 3.05) is 18.0 Å². The fourth-order valence-electron chi connectivity index (χ4n) is 3.23. The second kappa shape index (κ2) is 7.86. The van der Waals surface area contributed by atoms with Crippen LogP contribution in [0.5, 0.6) is 0 Å². The third-order valence-corrected chi connectivity index (χ3v) is 5.32. The number of amides is 1. The van der Waals surface area contributed by atoms with Crippen LogP contribution < -0.4 is 10.2 Å². The summed E-state index contributed by atoms with van der Waals surface area (Å²) in [5, 5.41) is 14.1. The number of carbonyl (C=O) groups is 1. The van der Waals surface area contributed by atoms with Crippen LogP contribution in [0.4, 0.5) is 11.4 Å². The summed E-state index contributed by atoms with van der Waals surface area (Å²) in [6.07, 6.45) is 2.12. The number of nitro groups is 1. The summed E-state index contributed by atoms with van der Waals surface area (Å²) in [6, 6.07) is 12.0. The van der Waals surface area contributed by atoms with Gasteiger partial charge in [0.25, 0.3) is 11.6 Å². The highest BCUT2D eigenvalue weighted by molar-refractivity contribution is 9.10. The van der Waals surface area contributed by atoms with E-state index >= 15 is 0 Å². The molecule has 1 amide bonds. The average molecular weight is 418 g/mol. The van der Waals surface area contributed by atoms with Crippen LogP contribution in [-0.4, -0.2) is 23.9 Å². The lowest BCUT2D eigenvalue weighted by molar-refractivity contribution is -0.384. The van der Waals surface area contributed by atoms with Crippen LogP contribution in [0.25, 0.3) is 0 Å². The van der Waals surface area contributed by atoms with Crippen molar-refractivity contribution in [3.05, 3.63) is 68.2 Å². The fraction of sp³-hybridized carbons (Fsp3) is 0.316. The highest BCUT2D eigenvalue weighted by Crippen LogP contribution is 2.29. The van der Waals surface area contributed by atoms with Crippen molar-refractivity contribution >= 4 is 33.2 Å². The predicted molar refractivity (Wildman–Crippen MR) is 105 cm³/mol. The molecule has 1 fully saturated rings. The molecule has 7 heteroatoms. The van der Waals surface area contributed by atoms with Crippen molar-refractivity contribution in [1.29, 1.82) is 0 Å². The van der Waals surface area contributed by atoms with E-state index in [2.05, 4.69) is 26.1 Å². The lowest BCUT2D eigenvalue weighted by Crippen LogP contribution is -2.29. The molecule has 0 aliphatic carbocycles. The normalized spacial score (nSPS) is 14.9. The van der Waals surface area contributed by atoms with Crippen LogP contribution in [0.1, 0.15) is 41.7 Å². The zero-order chi connectivity index (χ0) is 18.7. The molecule has 136 valence electrons. The Balaban J connectivity index is 1.90. The topological polar surface area (TPSA) is 75.5 Å². The fourth-order valence-corrected chi connectivity index (χ4v) is 3.86. The lowest BCUT2D eigenvalue weighted by atomic mass is 10.1. The van der Waals surface area contributed by atoms with Crippen molar-refractivity contribution in [3.8, 4) is 0 Å². The maximum absolute atomic E-state index is 12.9. The number of benzene rings is 2. The van der Waals surface area contributed by atoms with E-state index in [1.807, 2.05) is 31.2 Å². The maximum atomic E-state index is 12.9. The molecular weight excluding hydrogens is 398 g/mol. The van der Waals surface area contributed by atoms with Gasteiger partial charge in [0.15, 0.2) is 0 Å². The molecule has 2 aromatic rings.